The van der Waals surface area contributed by atoms with Crippen molar-refractivity contribution < 1.29 is 4.79 Å². The van der Waals surface area contributed by atoms with E-state index in [1.807, 2.05) is 32.0 Å². The molecule has 0 bridgehead atoms. The standard InChI is InChI=1S/C22H25N3O2S2/c1-4-14(2)25-21(27)18(29-22(25)28)13-16-19(24-11-7-8-12-24)15-9-5-6-10-17(15)23(3)20(16)26/h5-6,9-10,13-14H,4,7-8,11-12H2,1-3H3. The van der Waals surface area contributed by atoms with Crippen molar-refractivity contribution >= 4 is 56.9 Å². The maximum Gasteiger partial charge on any atom is 0.266 e. The van der Waals surface area contributed by atoms with Gasteiger partial charge in [-0.05, 0) is 38.3 Å². The van der Waals surface area contributed by atoms with Crippen molar-refractivity contribution in [3.8, 4) is 0 Å². The number of nitrogens with zero attached hydrogens (tertiary/aromatic N) is 3. The summed E-state index contributed by atoms with van der Waals surface area (Å²) >= 11 is 6.76. The van der Waals surface area contributed by atoms with Crippen LogP contribution in [0.1, 0.15) is 38.7 Å². The molecule has 0 spiro atoms. The lowest BCUT2D eigenvalue weighted by molar-refractivity contribution is -0.123. The van der Waals surface area contributed by atoms with E-state index < -0.39 is 0 Å². The number of aromatic nitrogens is 1. The second-order valence-corrected chi connectivity index (χ2v) is 9.32. The zero-order valence-corrected chi connectivity index (χ0v) is 18.6. The second kappa shape index (κ2) is 7.95. The van der Waals surface area contributed by atoms with Crippen LogP contribution in [0.4, 0.5) is 5.69 Å². The summed E-state index contributed by atoms with van der Waals surface area (Å²) in [6.07, 6.45) is 4.82. The number of thioether (sulfide) groups is 1. The number of carbonyl (C=O) groups is 1. The van der Waals surface area contributed by atoms with E-state index in [0.717, 1.165) is 48.9 Å². The van der Waals surface area contributed by atoms with Crippen LogP contribution in [0.5, 0.6) is 0 Å². The normalized spacial score (nSPS) is 19.8. The van der Waals surface area contributed by atoms with Crippen LogP contribution in [0.2, 0.25) is 0 Å². The predicted octanol–water partition coefficient (Wildman–Crippen LogP) is 4.14. The van der Waals surface area contributed by atoms with E-state index in [0.29, 0.717) is 14.8 Å². The molecule has 2 aromatic rings. The minimum Gasteiger partial charge on any atom is -0.370 e. The maximum absolute atomic E-state index is 13.3. The minimum absolute atomic E-state index is 0.0471. The van der Waals surface area contributed by atoms with E-state index >= 15 is 0 Å². The SMILES string of the molecule is CCC(C)N1C(=O)C(=Cc2c(N3CCCC3)c3ccccc3n(C)c2=O)SC1=S. The fourth-order valence-corrected chi connectivity index (χ4v) is 5.53. The summed E-state index contributed by atoms with van der Waals surface area (Å²) in [5, 5.41) is 1.04. The Hall–Kier alpha value is -2.12. The molecule has 1 amide bonds. The Kier molecular flexibility index (Phi) is 5.53. The number of carbonyl (C=O) groups excluding carboxylic acids is 1. The van der Waals surface area contributed by atoms with Crippen LogP contribution < -0.4 is 10.5 Å². The smallest absolute Gasteiger partial charge is 0.266 e. The monoisotopic (exact) mass is 427 g/mol. The highest BCUT2D eigenvalue weighted by atomic mass is 32.2. The molecule has 4 rings (SSSR count). The summed E-state index contributed by atoms with van der Waals surface area (Å²) in [5.74, 6) is -0.100. The minimum atomic E-state index is -0.100. The number of thiocarbonyl (C=S) groups is 1. The van der Waals surface area contributed by atoms with Crippen LogP contribution in [0.15, 0.2) is 34.0 Å². The van der Waals surface area contributed by atoms with Crippen LogP contribution >= 0.6 is 24.0 Å². The number of para-hydroxylation sites is 1. The molecule has 1 aromatic carbocycles. The average molecular weight is 428 g/mol. The first-order valence-corrected chi connectivity index (χ1v) is 11.3. The maximum atomic E-state index is 13.3. The Morgan fingerprint density at radius 1 is 1.21 bits per heavy atom. The number of hydrogen-bond donors (Lipinski definition) is 0. The van der Waals surface area contributed by atoms with Gasteiger partial charge in [0, 0.05) is 31.6 Å². The summed E-state index contributed by atoms with van der Waals surface area (Å²) in [4.78, 5) is 30.9. The number of amides is 1. The van der Waals surface area contributed by atoms with Gasteiger partial charge in [0.05, 0.1) is 21.7 Å². The molecule has 7 heteroatoms. The van der Waals surface area contributed by atoms with Gasteiger partial charge < -0.3 is 9.47 Å². The van der Waals surface area contributed by atoms with Gasteiger partial charge >= 0.3 is 0 Å². The molecule has 1 atom stereocenters. The molecule has 2 aliphatic heterocycles. The first-order chi connectivity index (χ1) is 13.9. The quantitative estimate of drug-likeness (QED) is 0.542. The van der Waals surface area contributed by atoms with Gasteiger partial charge in [-0.1, -0.05) is 49.1 Å². The molecule has 2 fully saturated rings. The molecular formula is C22H25N3O2S2. The van der Waals surface area contributed by atoms with Crippen molar-refractivity contribution in [3.63, 3.8) is 0 Å². The Morgan fingerprint density at radius 2 is 1.90 bits per heavy atom. The summed E-state index contributed by atoms with van der Waals surface area (Å²) in [6, 6.07) is 8.03. The van der Waals surface area contributed by atoms with Crippen molar-refractivity contribution in [2.75, 3.05) is 18.0 Å². The van der Waals surface area contributed by atoms with Crippen LogP contribution in [0.25, 0.3) is 17.0 Å². The first kappa shape index (κ1) is 20.2. The van der Waals surface area contributed by atoms with Crippen LogP contribution in [0.3, 0.4) is 0 Å². The third-order valence-electron chi connectivity index (χ3n) is 5.86. The molecule has 5 nitrogen and oxygen atoms in total. The fourth-order valence-electron chi connectivity index (χ4n) is 4.09. The predicted molar refractivity (Wildman–Crippen MR) is 125 cm³/mol. The van der Waals surface area contributed by atoms with E-state index in [2.05, 4.69) is 11.0 Å². The average Bonchev–Trinajstić information content (AvgIpc) is 3.34. The lowest BCUT2D eigenvalue weighted by atomic mass is 10.1. The van der Waals surface area contributed by atoms with E-state index in [-0.39, 0.29) is 17.5 Å². The van der Waals surface area contributed by atoms with Crippen molar-refractivity contribution in [2.24, 2.45) is 7.05 Å². The molecule has 0 radical (unpaired) electrons. The molecule has 2 saturated heterocycles. The van der Waals surface area contributed by atoms with E-state index in [4.69, 9.17) is 12.2 Å². The molecule has 152 valence electrons. The summed E-state index contributed by atoms with van der Waals surface area (Å²) < 4.78 is 2.24. The van der Waals surface area contributed by atoms with Crippen LogP contribution in [-0.4, -0.2) is 38.8 Å². The van der Waals surface area contributed by atoms with Crippen molar-refractivity contribution in [2.45, 2.75) is 39.2 Å². The summed E-state index contributed by atoms with van der Waals surface area (Å²) in [6.45, 7) is 5.88. The molecule has 0 saturated carbocycles. The van der Waals surface area contributed by atoms with Gasteiger partial charge in [0.1, 0.15) is 4.32 Å². The van der Waals surface area contributed by atoms with Crippen LogP contribution in [0, 0.1) is 0 Å². The number of anilines is 1. The van der Waals surface area contributed by atoms with Gasteiger partial charge in [0.15, 0.2) is 0 Å². The zero-order chi connectivity index (χ0) is 20.7. The Labute approximate surface area is 180 Å². The lowest BCUT2D eigenvalue weighted by Crippen LogP contribution is -2.36. The number of rotatable bonds is 4. The van der Waals surface area contributed by atoms with Gasteiger partial charge in [-0.2, -0.15) is 0 Å². The largest absolute Gasteiger partial charge is 0.370 e. The van der Waals surface area contributed by atoms with Gasteiger partial charge in [0.2, 0.25) is 0 Å². The number of pyridine rings is 1. The molecule has 1 aromatic heterocycles. The highest BCUT2D eigenvalue weighted by molar-refractivity contribution is 8.26. The van der Waals surface area contributed by atoms with E-state index in [9.17, 15) is 9.59 Å². The van der Waals surface area contributed by atoms with Gasteiger partial charge in [-0.25, -0.2) is 0 Å². The third-order valence-corrected chi connectivity index (χ3v) is 7.19. The summed E-state index contributed by atoms with van der Waals surface area (Å²) in [5.41, 5.74) is 2.34. The molecule has 3 heterocycles. The molecular weight excluding hydrogens is 402 g/mol. The Bertz CT molecular complexity index is 1080. The zero-order valence-electron chi connectivity index (χ0n) is 17.0. The molecule has 1 unspecified atom stereocenters. The number of benzene rings is 1. The fraction of sp³-hybridized carbons (Fsp3) is 0.409. The summed E-state index contributed by atoms with van der Waals surface area (Å²) in [7, 11) is 1.79. The number of hydrogen-bond acceptors (Lipinski definition) is 5. The molecule has 0 aliphatic carbocycles. The van der Waals surface area contributed by atoms with Crippen LogP contribution in [-0.2, 0) is 11.8 Å². The molecule has 0 N–H and O–H groups in total. The number of aryl methyl sites for hydroxylation is 1. The van der Waals surface area contributed by atoms with E-state index in [1.54, 1.807) is 22.6 Å². The molecule has 2 aliphatic rings. The van der Waals surface area contributed by atoms with Crippen molar-refractivity contribution in [1.82, 2.24) is 9.47 Å². The Morgan fingerprint density at radius 3 is 2.59 bits per heavy atom. The second-order valence-electron chi connectivity index (χ2n) is 7.65. The Balaban J connectivity index is 1.92. The van der Waals surface area contributed by atoms with E-state index in [1.165, 1.54) is 11.8 Å². The highest BCUT2D eigenvalue weighted by Gasteiger charge is 2.35. The van der Waals surface area contributed by atoms with Crippen molar-refractivity contribution in [1.29, 1.82) is 0 Å². The van der Waals surface area contributed by atoms with Gasteiger partial charge in [-0.15, -0.1) is 0 Å². The lowest BCUT2D eigenvalue weighted by Gasteiger charge is -2.23. The van der Waals surface area contributed by atoms with Gasteiger partial charge in [-0.3, -0.25) is 14.5 Å². The molecule has 29 heavy (non-hydrogen) atoms. The third kappa shape index (κ3) is 3.40. The first-order valence-electron chi connectivity index (χ1n) is 10.1. The highest BCUT2D eigenvalue weighted by Crippen LogP contribution is 2.37. The van der Waals surface area contributed by atoms with Gasteiger partial charge in [0.25, 0.3) is 11.5 Å². The van der Waals surface area contributed by atoms with Crippen molar-refractivity contribution in [3.05, 3.63) is 45.1 Å². The topological polar surface area (TPSA) is 45.6 Å². The number of fused-ring (bicyclic) bond motifs is 1.